The third kappa shape index (κ3) is 2.41. The van der Waals surface area contributed by atoms with Gasteiger partial charge in [0.15, 0.2) is 0 Å². The first-order chi connectivity index (χ1) is 6.33. The van der Waals surface area contributed by atoms with Crippen LogP contribution in [0.1, 0.15) is 39.5 Å². The first-order valence-electron chi connectivity index (χ1n) is 5.83. The molecule has 3 heteroatoms. The van der Waals surface area contributed by atoms with Crippen LogP contribution in [0.4, 0.5) is 0 Å². The minimum absolute atomic E-state index is 0. The van der Waals surface area contributed by atoms with Crippen molar-refractivity contribution < 1.29 is 0 Å². The molecule has 2 rings (SSSR count). The summed E-state index contributed by atoms with van der Waals surface area (Å²) in [6.45, 7) is 7.02. The lowest BCUT2D eigenvalue weighted by molar-refractivity contribution is 0.155. The van der Waals surface area contributed by atoms with Gasteiger partial charge in [0, 0.05) is 18.1 Å². The van der Waals surface area contributed by atoms with E-state index in [4.69, 9.17) is 0 Å². The summed E-state index contributed by atoms with van der Waals surface area (Å²) >= 11 is 0. The minimum Gasteiger partial charge on any atom is -0.311 e. The molecule has 1 N–H and O–H groups in total. The van der Waals surface area contributed by atoms with Crippen molar-refractivity contribution in [3.05, 3.63) is 0 Å². The Balaban J connectivity index is 0.000000980. The van der Waals surface area contributed by atoms with Gasteiger partial charge in [0.25, 0.3) is 0 Å². The van der Waals surface area contributed by atoms with Crippen LogP contribution in [0, 0.1) is 0 Å². The van der Waals surface area contributed by atoms with Crippen LogP contribution < -0.4 is 5.32 Å². The predicted molar refractivity (Wildman–Crippen MR) is 63.1 cm³/mol. The van der Waals surface area contributed by atoms with Gasteiger partial charge in [-0.1, -0.05) is 13.8 Å². The molecule has 2 heterocycles. The zero-order chi connectivity index (χ0) is 9.26. The van der Waals surface area contributed by atoms with E-state index in [-0.39, 0.29) is 12.4 Å². The monoisotopic (exact) mass is 218 g/mol. The van der Waals surface area contributed by atoms with Crippen molar-refractivity contribution in [1.29, 1.82) is 0 Å². The van der Waals surface area contributed by atoms with Crippen LogP contribution in [0.2, 0.25) is 0 Å². The predicted octanol–water partition coefficient (Wildman–Crippen LogP) is 2.03. The van der Waals surface area contributed by atoms with Gasteiger partial charge in [-0.05, 0) is 38.8 Å². The standard InChI is InChI=1S/C11H22N2.ClH/c1-3-13(4-2)11-7-9-5-6-10(8-11)12-9;/h9-12H,3-8H2,1-2H3;1H. The van der Waals surface area contributed by atoms with E-state index in [2.05, 4.69) is 24.1 Å². The lowest BCUT2D eigenvalue weighted by Crippen LogP contribution is -2.48. The van der Waals surface area contributed by atoms with Crippen LogP contribution in [0.15, 0.2) is 0 Å². The number of hydrogen-bond donors (Lipinski definition) is 1. The minimum atomic E-state index is 0. The molecule has 0 aromatic carbocycles. The van der Waals surface area contributed by atoms with Crippen LogP contribution in [0.5, 0.6) is 0 Å². The molecule has 2 unspecified atom stereocenters. The summed E-state index contributed by atoms with van der Waals surface area (Å²) < 4.78 is 0. The van der Waals surface area contributed by atoms with Gasteiger partial charge in [-0.3, -0.25) is 0 Å². The molecular weight excluding hydrogens is 196 g/mol. The summed E-state index contributed by atoms with van der Waals surface area (Å²) in [5.41, 5.74) is 0. The second kappa shape index (κ2) is 5.34. The van der Waals surface area contributed by atoms with E-state index in [1.54, 1.807) is 0 Å². The fraction of sp³-hybridized carbons (Fsp3) is 1.00. The number of piperidine rings is 1. The first kappa shape index (κ1) is 12.3. The van der Waals surface area contributed by atoms with E-state index < -0.39 is 0 Å². The summed E-state index contributed by atoms with van der Waals surface area (Å²) in [6.07, 6.45) is 5.61. The van der Waals surface area contributed by atoms with E-state index in [9.17, 15) is 0 Å². The zero-order valence-electron chi connectivity index (χ0n) is 9.33. The Morgan fingerprint density at radius 3 is 2.00 bits per heavy atom. The van der Waals surface area contributed by atoms with Gasteiger partial charge in [0.1, 0.15) is 0 Å². The van der Waals surface area contributed by atoms with Crippen molar-refractivity contribution in [2.45, 2.75) is 57.7 Å². The van der Waals surface area contributed by atoms with E-state index in [1.165, 1.54) is 38.8 Å². The highest BCUT2D eigenvalue weighted by Crippen LogP contribution is 2.29. The Bertz CT molecular complexity index is 159. The lowest BCUT2D eigenvalue weighted by Gasteiger charge is -2.36. The van der Waals surface area contributed by atoms with Gasteiger partial charge >= 0.3 is 0 Å². The van der Waals surface area contributed by atoms with Crippen molar-refractivity contribution in [3.63, 3.8) is 0 Å². The number of hydrogen-bond acceptors (Lipinski definition) is 2. The van der Waals surface area contributed by atoms with Gasteiger partial charge in [-0.2, -0.15) is 0 Å². The molecule has 0 aromatic heterocycles. The molecule has 0 aliphatic carbocycles. The van der Waals surface area contributed by atoms with E-state index in [1.807, 2.05) is 0 Å². The molecular formula is C11H23ClN2. The van der Waals surface area contributed by atoms with Crippen LogP contribution in [0.3, 0.4) is 0 Å². The largest absolute Gasteiger partial charge is 0.311 e. The molecule has 2 nitrogen and oxygen atoms in total. The molecule has 0 spiro atoms. The van der Waals surface area contributed by atoms with E-state index >= 15 is 0 Å². The highest BCUT2D eigenvalue weighted by Gasteiger charge is 2.34. The normalized spacial score (nSPS) is 35.8. The number of rotatable bonds is 3. The smallest absolute Gasteiger partial charge is 0.0125 e. The van der Waals surface area contributed by atoms with Gasteiger partial charge in [-0.25, -0.2) is 0 Å². The highest BCUT2D eigenvalue weighted by molar-refractivity contribution is 5.85. The van der Waals surface area contributed by atoms with Crippen LogP contribution in [0.25, 0.3) is 0 Å². The summed E-state index contributed by atoms with van der Waals surface area (Å²) in [7, 11) is 0. The fourth-order valence-corrected chi connectivity index (χ4v) is 3.07. The van der Waals surface area contributed by atoms with Crippen molar-refractivity contribution >= 4 is 12.4 Å². The molecule has 0 radical (unpaired) electrons. The van der Waals surface area contributed by atoms with Crippen LogP contribution in [-0.2, 0) is 0 Å². The average Bonchev–Trinajstić information content (AvgIpc) is 2.48. The Hall–Kier alpha value is 0.210. The molecule has 0 saturated carbocycles. The Kier molecular flexibility index (Phi) is 4.68. The molecule has 0 aromatic rings. The Labute approximate surface area is 93.8 Å². The van der Waals surface area contributed by atoms with Gasteiger partial charge < -0.3 is 10.2 Å². The SMILES string of the molecule is CCN(CC)C1CC2CCC(C1)N2.Cl. The molecule has 2 saturated heterocycles. The second-order valence-corrected chi connectivity index (χ2v) is 4.48. The number of nitrogens with one attached hydrogen (secondary N) is 1. The molecule has 2 aliphatic heterocycles. The molecule has 2 atom stereocenters. The summed E-state index contributed by atoms with van der Waals surface area (Å²) in [4.78, 5) is 2.63. The molecule has 2 fully saturated rings. The van der Waals surface area contributed by atoms with Crippen LogP contribution >= 0.6 is 12.4 Å². The Morgan fingerprint density at radius 1 is 1.07 bits per heavy atom. The van der Waals surface area contributed by atoms with Crippen molar-refractivity contribution in [2.75, 3.05) is 13.1 Å². The summed E-state index contributed by atoms with van der Waals surface area (Å²) in [5, 5.41) is 3.70. The molecule has 84 valence electrons. The van der Waals surface area contributed by atoms with E-state index in [0.717, 1.165) is 18.1 Å². The molecule has 2 aliphatic rings. The molecule has 0 amide bonds. The second-order valence-electron chi connectivity index (χ2n) is 4.48. The van der Waals surface area contributed by atoms with Crippen molar-refractivity contribution in [1.82, 2.24) is 10.2 Å². The zero-order valence-corrected chi connectivity index (χ0v) is 10.1. The summed E-state index contributed by atoms with van der Waals surface area (Å²) in [5.74, 6) is 0. The van der Waals surface area contributed by atoms with Gasteiger partial charge in [0.2, 0.25) is 0 Å². The Morgan fingerprint density at radius 2 is 1.57 bits per heavy atom. The fourth-order valence-electron chi connectivity index (χ4n) is 3.07. The lowest BCUT2D eigenvalue weighted by atomic mass is 9.98. The maximum Gasteiger partial charge on any atom is 0.0125 e. The number of halogens is 1. The average molecular weight is 219 g/mol. The van der Waals surface area contributed by atoms with Gasteiger partial charge in [-0.15, -0.1) is 12.4 Å². The van der Waals surface area contributed by atoms with Crippen LogP contribution in [-0.4, -0.2) is 36.1 Å². The number of nitrogens with zero attached hydrogens (tertiary/aromatic N) is 1. The van der Waals surface area contributed by atoms with Gasteiger partial charge in [0.05, 0.1) is 0 Å². The third-order valence-electron chi connectivity index (χ3n) is 3.78. The quantitative estimate of drug-likeness (QED) is 0.780. The maximum absolute atomic E-state index is 3.70. The first-order valence-corrected chi connectivity index (χ1v) is 5.83. The molecule has 14 heavy (non-hydrogen) atoms. The topological polar surface area (TPSA) is 15.3 Å². The van der Waals surface area contributed by atoms with Crippen molar-refractivity contribution in [3.8, 4) is 0 Å². The molecule has 2 bridgehead atoms. The van der Waals surface area contributed by atoms with Crippen molar-refractivity contribution in [2.24, 2.45) is 0 Å². The van der Waals surface area contributed by atoms with E-state index in [0.29, 0.717) is 0 Å². The number of fused-ring (bicyclic) bond motifs is 2. The third-order valence-corrected chi connectivity index (χ3v) is 3.78. The maximum atomic E-state index is 3.70. The highest BCUT2D eigenvalue weighted by atomic mass is 35.5. The summed E-state index contributed by atoms with van der Waals surface area (Å²) in [6, 6.07) is 2.54.